The number of likely N-dealkylation sites (N-methyl/N-ethyl adjacent to an activating group) is 2. The van der Waals surface area contributed by atoms with Crippen LogP contribution in [0.3, 0.4) is 0 Å². The average molecular weight is 407 g/mol. The fourth-order valence-electron chi connectivity index (χ4n) is 3.37. The summed E-state index contributed by atoms with van der Waals surface area (Å²) in [6, 6.07) is 5.14. The molecule has 1 aromatic carbocycles. The Hall–Kier alpha value is -2.12. The zero-order chi connectivity index (χ0) is 21.8. The second kappa shape index (κ2) is 13.2. The smallest absolute Gasteiger partial charge is 0.255 e. The van der Waals surface area contributed by atoms with Gasteiger partial charge in [0.1, 0.15) is 5.75 Å². The number of nitrogens with zero attached hydrogens (tertiary/aromatic N) is 2. The van der Waals surface area contributed by atoms with Gasteiger partial charge in [-0.2, -0.15) is 0 Å². The molecule has 0 fully saturated rings. The van der Waals surface area contributed by atoms with Gasteiger partial charge in [-0.3, -0.25) is 19.4 Å². The van der Waals surface area contributed by atoms with Crippen molar-refractivity contribution in [3.8, 4) is 5.75 Å². The Kier molecular flexibility index (Phi) is 11.3. The topological polar surface area (TPSA) is 73.9 Å². The van der Waals surface area contributed by atoms with Crippen LogP contribution in [0.15, 0.2) is 18.2 Å². The molecule has 0 saturated carbocycles. The van der Waals surface area contributed by atoms with Gasteiger partial charge in [-0.25, -0.2) is 0 Å². The van der Waals surface area contributed by atoms with Crippen molar-refractivity contribution in [3.63, 3.8) is 0 Å². The predicted molar refractivity (Wildman–Crippen MR) is 118 cm³/mol. The summed E-state index contributed by atoms with van der Waals surface area (Å²) < 4.78 is 5.67. The summed E-state index contributed by atoms with van der Waals surface area (Å²) in [5, 5.41) is 5.88. The molecule has 164 valence electrons. The van der Waals surface area contributed by atoms with E-state index in [-0.39, 0.29) is 18.0 Å². The summed E-state index contributed by atoms with van der Waals surface area (Å²) in [5.41, 5.74) is 1.10. The van der Waals surface area contributed by atoms with Crippen molar-refractivity contribution in [1.82, 2.24) is 15.1 Å². The molecule has 0 aromatic heterocycles. The number of ether oxygens (including phenoxy) is 1. The number of carbonyl (C=O) groups is 2. The van der Waals surface area contributed by atoms with Crippen LogP contribution in [0.5, 0.6) is 5.75 Å². The van der Waals surface area contributed by atoms with Gasteiger partial charge in [0.15, 0.2) is 0 Å². The van der Waals surface area contributed by atoms with Crippen molar-refractivity contribution >= 4 is 17.5 Å². The van der Waals surface area contributed by atoms with Crippen molar-refractivity contribution < 1.29 is 14.3 Å². The molecular weight excluding hydrogens is 368 g/mol. The summed E-state index contributed by atoms with van der Waals surface area (Å²) in [6.45, 7) is 16.9. The maximum atomic E-state index is 12.9. The van der Waals surface area contributed by atoms with Gasteiger partial charge in [-0.05, 0) is 45.2 Å². The van der Waals surface area contributed by atoms with Crippen LogP contribution in [0.25, 0.3) is 0 Å². The molecule has 0 saturated heterocycles. The number of anilines is 1. The largest absolute Gasteiger partial charge is 0.493 e. The fourth-order valence-corrected chi connectivity index (χ4v) is 3.37. The molecule has 0 radical (unpaired) electrons. The number of amides is 2. The Balaban J connectivity index is 2.99. The summed E-state index contributed by atoms with van der Waals surface area (Å²) >= 11 is 0. The van der Waals surface area contributed by atoms with E-state index in [9.17, 15) is 9.59 Å². The summed E-state index contributed by atoms with van der Waals surface area (Å²) in [6.07, 6.45) is 0.534. The minimum Gasteiger partial charge on any atom is -0.493 e. The molecule has 1 aromatic rings. The minimum absolute atomic E-state index is 0.0778. The maximum Gasteiger partial charge on any atom is 0.255 e. The Bertz CT molecular complexity index is 631. The van der Waals surface area contributed by atoms with Crippen LogP contribution in [-0.2, 0) is 4.79 Å². The van der Waals surface area contributed by atoms with Crippen molar-refractivity contribution in [3.05, 3.63) is 23.8 Å². The lowest BCUT2D eigenvalue weighted by Gasteiger charge is -2.38. The van der Waals surface area contributed by atoms with Crippen LogP contribution in [0.4, 0.5) is 5.69 Å². The highest BCUT2D eigenvalue weighted by molar-refractivity contribution is 5.98. The zero-order valence-corrected chi connectivity index (χ0v) is 18.9. The molecule has 1 rings (SSSR count). The molecule has 0 aliphatic carbocycles. The second-order valence-corrected chi connectivity index (χ2v) is 6.68. The number of carbonyl (C=O) groups excluding carboxylic acids is 2. The lowest BCUT2D eigenvalue weighted by atomic mass is 10.1. The first-order valence-electron chi connectivity index (χ1n) is 10.8. The first kappa shape index (κ1) is 24.9. The van der Waals surface area contributed by atoms with Gasteiger partial charge in [0, 0.05) is 24.7 Å². The summed E-state index contributed by atoms with van der Waals surface area (Å²) in [4.78, 5) is 29.3. The molecule has 0 spiro atoms. The summed E-state index contributed by atoms with van der Waals surface area (Å²) in [7, 11) is 0. The Labute approximate surface area is 175 Å². The Morgan fingerprint density at radius 1 is 0.966 bits per heavy atom. The SMILES string of the molecule is CCOc1cc(NC(=O)CC)ccc1C(=O)NCC(N(CC)CC)N(CC)CC. The molecule has 0 aliphatic heterocycles. The molecule has 29 heavy (non-hydrogen) atoms. The van der Waals surface area contributed by atoms with E-state index in [1.54, 1.807) is 25.1 Å². The number of nitrogens with one attached hydrogen (secondary N) is 2. The molecule has 0 unspecified atom stereocenters. The fraction of sp³-hybridized carbons (Fsp3) is 0.636. The standard InChI is InChI=1S/C22H38N4O3/c1-7-20(27)24-17-13-14-18(19(15-17)29-12-6)22(28)23-16-21(25(8-2)9-3)26(10-4)11-5/h13-15,21H,7-12,16H2,1-6H3,(H,23,28)(H,24,27). The highest BCUT2D eigenvalue weighted by atomic mass is 16.5. The lowest BCUT2D eigenvalue weighted by molar-refractivity contribution is -0.115. The quantitative estimate of drug-likeness (QED) is 0.492. The van der Waals surface area contributed by atoms with E-state index in [0.29, 0.717) is 36.6 Å². The van der Waals surface area contributed by atoms with E-state index in [4.69, 9.17) is 4.74 Å². The van der Waals surface area contributed by atoms with Crippen molar-refractivity contribution in [2.24, 2.45) is 0 Å². The first-order chi connectivity index (χ1) is 13.9. The summed E-state index contributed by atoms with van der Waals surface area (Å²) in [5.74, 6) is 0.221. The minimum atomic E-state index is -0.175. The van der Waals surface area contributed by atoms with Gasteiger partial charge in [0.25, 0.3) is 5.91 Å². The van der Waals surface area contributed by atoms with Gasteiger partial charge in [-0.1, -0.05) is 34.6 Å². The van der Waals surface area contributed by atoms with Crippen molar-refractivity contribution in [2.75, 3.05) is 44.6 Å². The van der Waals surface area contributed by atoms with E-state index in [0.717, 1.165) is 26.2 Å². The van der Waals surface area contributed by atoms with Crippen LogP contribution in [-0.4, -0.2) is 67.1 Å². The zero-order valence-electron chi connectivity index (χ0n) is 18.9. The molecule has 2 N–H and O–H groups in total. The average Bonchev–Trinajstić information content (AvgIpc) is 2.73. The van der Waals surface area contributed by atoms with E-state index in [2.05, 4.69) is 48.1 Å². The van der Waals surface area contributed by atoms with Gasteiger partial charge in [-0.15, -0.1) is 0 Å². The maximum absolute atomic E-state index is 12.9. The van der Waals surface area contributed by atoms with Crippen molar-refractivity contribution in [1.29, 1.82) is 0 Å². The third-order valence-electron chi connectivity index (χ3n) is 5.04. The van der Waals surface area contributed by atoms with Crippen LogP contribution in [0.2, 0.25) is 0 Å². The van der Waals surface area contributed by atoms with E-state index in [1.807, 2.05) is 6.92 Å². The second-order valence-electron chi connectivity index (χ2n) is 6.68. The Morgan fingerprint density at radius 2 is 1.55 bits per heavy atom. The van der Waals surface area contributed by atoms with Crippen LogP contribution < -0.4 is 15.4 Å². The molecule has 0 heterocycles. The third-order valence-corrected chi connectivity index (χ3v) is 5.04. The van der Waals surface area contributed by atoms with Gasteiger partial charge in [0.2, 0.25) is 5.91 Å². The Morgan fingerprint density at radius 3 is 2.03 bits per heavy atom. The normalized spacial score (nSPS) is 11.2. The first-order valence-corrected chi connectivity index (χ1v) is 10.8. The molecule has 7 nitrogen and oxygen atoms in total. The van der Waals surface area contributed by atoms with Gasteiger partial charge in [0.05, 0.1) is 18.3 Å². The van der Waals surface area contributed by atoms with E-state index >= 15 is 0 Å². The molecule has 7 heteroatoms. The van der Waals surface area contributed by atoms with Crippen LogP contribution in [0.1, 0.15) is 58.3 Å². The monoisotopic (exact) mass is 406 g/mol. The molecule has 0 bridgehead atoms. The molecule has 0 aliphatic rings. The van der Waals surface area contributed by atoms with Gasteiger partial charge >= 0.3 is 0 Å². The lowest BCUT2D eigenvalue weighted by Crippen LogP contribution is -2.54. The van der Waals surface area contributed by atoms with E-state index < -0.39 is 0 Å². The predicted octanol–water partition coefficient (Wildman–Crippen LogP) is 3.17. The number of hydrogen-bond acceptors (Lipinski definition) is 5. The molecule has 0 atom stereocenters. The molecule has 2 amide bonds. The molecular formula is C22H38N4O3. The van der Waals surface area contributed by atoms with Gasteiger partial charge < -0.3 is 15.4 Å². The van der Waals surface area contributed by atoms with Crippen LogP contribution >= 0.6 is 0 Å². The van der Waals surface area contributed by atoms with Crippen LogP contribution in [0, 0.1) is 0 Å². The highest BCUT2D eigenvalue weighted by Crippen LogP contribution is 2.24. The van der Waals surface area contributed by atoms with E-state index in [1.165, 1.54) is 0 Å². The number of hydrogen-bond donors (Lipinski definition) is 2. The number of rotatable bonds is 13. The third kappa shape index (κ3) is 7.33. The highest BCUT2D eigenvalue weighted by Gasteiger charge is 2.23. The van der Waals surface area contributed by atoms with Crippen molar-refractivity contribution in [2.45, 2.75) is 54.1 Å². The number of benzene rings is 1.